The molecule has 2 aliphatic rings. The van der Waals surface area contributed by atoms with Crippen LogP contribution in [0.2, 0.25) is 5.02 Å². The van der Waals surface area contributed by atoms with Gasteiger partial charge in [-0.25, -0.2) is 4.79 Å². The van der Waals surface area contributed by atoms with Gasteiger partial charge in [-0.2, -0.15) is 0 Å². The molecule has 1 N–H and O–H groups in total. The maximum absolute atomic E-state index is 13.1. The van der Waals surface area contributed by atoms with E-state index in [1.807, 2.05) is 0 Å². The highest BCUT2D eigenvalue weighted by molar-refractivity contribution is 7.17. The number of rotatable bonds is 4. The van der Waals surface area contributed by atoms with Crippen LogP contribution in [0.15, 0.2) is 30.0 Å². The van der Waals surface area contributed by atoms with Crippen LogP contribution in [0.25, 0.3) is 6.08 Å². The first-order valence-corrected chi connectivity index (χ1v) is 11.1. The highest BCUT2D eigenvalue weighted by atomic mass is 35.5. The number of hydrogen-bond donors (Lipinski definition) is 1. The Morgan fingerprint density at radius 2 is 2.10 bits per heavy atom. The van der Waals surface area contributed by atoms with Crippen molar-refractivity contribution in [1.29, 1.82) is 0 Å². The Hall–Kier alpha value is -2.77. The van der Waals surface area contributed by atoms with Crippen LogP contribution in [-0.4, -0.2) is 26.1 Å². The van der Waals surface area contributed by atoms with Crippen LogP contribution in [0.1, 0.15) is 39.7 Å². The maximum atomic E-state index is 13.1. The number of benzene rings is 1. The molecular formula is C23H22ClNO5S. The average molecular weight is 460 g/mol. The molecule has 4 rings (SSSR count). The molecule has 2 heterocycles. The Morgan fingerprint density at radius 3 is 2.84 bits per heavy atom. The quantitative estimate of drug-likeness (QED) is 0.632. The van der Waals surface area contributed by atoms with E-state index in [1.54, 1.807) is 24.3 Å². The monoisotopic (exact) mass is 459 g/mol. The van der Waals surface area contributed by atoms with Crippen LogP contribution >= 0.6 is 22.9 Å². The Bertz CT molecular complexity index is 1120. The number of thiophene rings is 1. The van der Waals surface area contributed by atoms with Crippen molar-refractivity contribution in [3.63, 3.8) is 0 Å². The van der Waals surface area contributed by atoms with Crippen LogP contribution in [0, 0.1) is 5.92 Å². The third-order valence-electron chi connectivity index (χ3n) is 5.40. The van der Waals surface area contributed by atoms with Crippen molar-refractivity contribution in [2.24, 2.45) is 5.92 Å². The number of anilines is 1. The van der Waals surface area contributed by atoms with Gasteiger partial charge in [-0.3, -0.25) is 4.79 Å². The number of amides is 1. The predicted octanol–water partition coefficient (Wildman–Crippen LogP) is 5.25. The third-order valence-corrected chi connectivity index (χ3v) is 6.79. The number of esters is 1. The SMILES string of the molecule is COC(=O)c1c(NC(=O)C2=Cc3cc(Cl)cc(OC)c3OC=C2)sc2c1CC[C@H](C)C2. The molecule has 0 fully saturated rings. The number of methoxy groups -OCH3 is 2. The predicted molar refractivity (Wildman–Crippen MR) is 121 cm³/mol. The second kappa shape index (κ2) is 8.77. The lowest BCUT2D eigenvalue weighted by molar-refractivity contribution is -0.112. The molecule has 2 aromatic rings. The molecule has 1 aromatic heterocycles. The van der Waals surface area contributed by atoms with Crippen LogP contribution in [0.5, 0.6) is 11.5 Å². The van der Waals surface area contributed by atoms with Gasteiger partial charge in [-0.05, 0) is 49.0 Å². The van der Waals surface area contributed by atoms with Crippen molar-refractivity contribution >= 4 is 45.9 Å². The number of halogens is 1. The largest absolute Gasteiger partial charge is 0.493 e. The van der Waals surface area contributed by atoms with E-state index in [0.717, 1.165) is 29.7 Å². The van der Waals surface area contributed by atoms with Crippen LogP contribution in [0.3, 0.4) is 0 Å². The van der Waals surface area contributed by atoms with Crippen molar-refractivity contribution in [3.8, 4) is 11.5 Å². The van der Waals surface area contributed by atoms with Gasteiger partial charge in [0, 0.05) is 27.1 Å². The molecule has 31 heavy (non-hydrogen) atoms. The molecule has 1 amide bonds. The summed E-state index contributed by atoms with van der Waals surface area (Å²) in [7, 11) is 2.88. The van der Waals surface area contributed by atoms with E-state index in [4.69, 9.17) is 25.8 Å². The molecule has 0 saturated heterocycles. The second-order valence-corrected chi connectivity index (χ2v) is 9.09. The molecule has 0 spiro atoms. The lowest BCUT2D eigenvalue weighted by Crippen LogP contribution is -2.16. The number of carbonyl (C=O) groups is 2. The summed E-state index contributed by atoms with van der Waals surface area (Å²) in [6, 6.07) is 3.34. The molecule has 1 atom stereocenters. The van der Waals surface area contributed by atoms with Gasteiger partial charge in [0.2, 0.25) is 0 Å². The van der Waals surface area contributed by atoms with Crippen LogP contribution in [0.4, 0.5) is 5.00 Å². The highest BCUT2D eigenvalue weighted by Gasteiger charge is 2.29. The molecule has 1 aliphatic heterocycles. The number of nitrogens with one attached hydrogen (secondary N) is 1. The lowest BCUT2D eigenvalue weighted by atomic mass is 9.88. The fourth-order valence-corrected chi connectivity index (χ4v) is 5.45. The summed E-state index contributed by atoms with van der Waals surface area (Å²) in [5.41, 5.74) is 2.42. The summed E-state index contributed by atoms with van der Waals surface area (Å²) in [6.07, 6.45) is 7.37. The summed E-state index contributed by atoms with van der Waals surface area (Å²) in [5, 5.41) is 3.89. The van der Waals surface area contributed by atoms with Gasteiger partial charge in [0.1, 0.15) is 5.00 Å². The number of ether oxygens (including phenoxy) is 3. The zero-order valence-electron chi connectivity index (χ0n) is 17.4. The Morgan fingerprint density at radius 1 is 1.29 bits per heavy atom. The van der Waals surface area contributed by atoms with Gasteiger partial charge < -0.3 is 19.5 Å². The fraction of sp³-hybridized carbons (Fsp3) is 0.304. The van der Waals surface area contributed by atoms with Crippen molar-refractivity contribution in [2.75, 3.05) is 19.5 Å². The molecule has 0 unspecified atom stereocenters. The van der Waals surface area contributed by atoms with Crippen LogP contribution in [-0.2, 0) is 22.4 Å². The van der Waals surface area contributed by atoms with Gasteiger partial charge in [-0.1, -0.05) is 18.5 Å². The van der Waals surface area contributed by atoms with E-state index in [-0.39, 0.29) is 5.91 Å². The first kappa shape index (κ1) is 21.5. The molecule has 0 saturated carbocycles. The first-order valence-electron chi connectivity index (χ1n) is 9.88. The number of carbonyl (C=O) groups excluding carboxylic acids is 2. The zero-order valence-corrected chi connectivity index (χ0v) is 19.0. The molecule has 6 nitrogen and oxygen atoms in total. The van der Waals surface area contributed by atoms with Gasteiger partial charge in [0.05, 0.1) is 26.0 Å². The minimum atomic E-state index is -0.432. The van der Waals surface area contributed by atoms with Crippen molar-refractivity contribution < 1.29 is 23.8 Å². The van der Waals surface area contributed by atoms with Crippen molar-refractivity contribution in [1.82, 2.24) is 0 Å². The molecule has 1 aromatic carbocycles. The number of fused-ring (bicyclic) bond motifs is 2. The normalized spacial score (nSPS) is 16.9. The second-order valence-electron chi connectivity index (χ2n) is 7.55. The highest BCUT2D eigenvalue weighted by Crippen LogP contribution is 2.41. The van der Waals surface area contributed by atoms with Gasteiger partial charge in [0.15, 0.2) is 11.5 Å². The molecular weight excluding hydrogens is 438 g/mol. The Kier molecular flexibility index (Phi) is 6.07. The van der Waals surface area contributed by atoms with E-state index in [1.165, 1.54) is 31.8 Å². The topological polar surface area (TPSA) is 73.9 Å². The molecule has 162 valence electrons. The summed E-state index contributed by atoms with van der Waals surface area (Å²) in [4.78, 5) is 26.7. The average Bonchev–Trinajstić information content (AvgIpc) is 2.94. The van der Waals surface area contributed by atoms with E-state index in [0.29, 0.717) is 44.1 Å². The summed E-state index contributed by atoms with van der Waals surface area (Å²) in [6.45, 7) is 2.19. The standard InChI is InChI=1S/C23H22ClNO5S/c1-12-4-5-16-18(8-12)31-22(19(16)23(27)29-3)25-21(26)13-6-7-30-20-14(9-13)10-15(24)11-17(20)28-2/h6-7,9-12H,4-5,8H2,1-3H3,(H,25,26)/t12-/m0/s1. The smallest absolute Gasteiger partial charge is 0.341 e. The Labute approximate surface area is 189 Å². The van der Waals surface area contributed by atoms with E-state index < -0.39 is 5.97 Å². The first-order chi connectivity index (χ1) is 14.9. The van der Waals surface area contributed by atoms with E-state index >= 15 is 0 Å². The van der Waals surface area contributed by atoms with Crippen molar-refractivity contribution in [3.05, 3.63) is 56.6 Å². The Balaban J connectivity index is 1.69. The summed E-state index contributed by atoms with van der Waals surface area (Å²) < 4.78 is 16.0. The lowest BCUT2D eigenvalue weighted by Gasteiger charge is -2.18. The van der Waals surface area contributed by atoms with Gasteiger partial charge >= 0.3 is 5.97 Å². The van der Waals surface area contributed by atoms with Crippen LogP contribution < -0.4 is 14.8 Å². The molecule has 0 radical (unpaired) electrons. The third kappa shape index (κ3) is 4.20. The molecule has 0 bridgehead atoms. The van der Waals surface area contributed by atoms with Gasteiger partial charge in [-0.15, -0.1) is 11.3 Å². The van der Waals surface area contributed by atoms with Gasteiger partial charge in [0.25, 0.3) is 5.91 Å². The summed E-state index contributed by atoms with van der Waals surface area (Å²) >= 11 is 7.62. The molecule has 8 heteroatoms. The number of hydrogen-bond acceptors (Lipinski definition) is 6. The van der Waals surface area contributed by atoms with Crippen molar-refractivity contribution in [2.45, 2.75) is 26.2 Å². The minimum Gasteiger partial charge on any atom is -0.493 e. The zero-order chi connectivity index (χ0) is 22.1. The van der Waals surface area contributed by atoms with E-state index in [2.05, 4.69) is 12.2 Å². The molecule has 1 aliphatic carbocycles. The fourth-order valence-electron chi connectivity index (χ4n) is 3.84. The maximum Gasteiger partial charge on any atom is 0.341 e. The minimum absolute atomic E-state index is 0.358. The van der Waals surface area contributed by atoms with E-state index in [9.17, 15) is 9.59 Å². The summed E-state index contributed by atoms with van der Waals surface area (Å²) in [5.74, 6) is 0.697.